The van der Waals surface area contributed by atoms with E-state index in [0.717, 1.165) is 28.8 Å². The molecule has 2 aromatic heterocycles. The van der Waals surface area contributed by atoms with E-state index < -0.39 is 0 Å². The molecule has 1 aliphatic rings. The number of amides is 1. The number of aromatic nitrogens is 3. The number of pyridine rings is 1. The molecule has 1 amide bonds. The van der Waals surface area contributed by atoms with Crippen molar-refractivity contribution >= 4 is 28.9 Å². The van der Waals surface area contributed by atoms with Crippen molar-refractivity contribution in [1.82, 2.24) is 15.2 Å². The van der Waals surface area contributed by atoms with E-state index >= 15 is 0 Å². The Bertz CT molecular complexity index is 855. The summed E-state index contributed by atoms with van der Waals surface area (Å²) >= 11 is 5.81. The summed E-state index contributed by atoms with van der Waals surface area (Å²) in [7, 11) is 0. The molecule has 0 aliphatic carbocycles. The fourth-order valence-corrected chi connectivity index (χ4v) is 3.19. The first-order valence-electron chi connectivity index (χ1n) is 8.32. The Balaban J connectivity index is 1.73. The van der Waals surface area contributed by atoms with Crippen molar-refractivity contribution in [3.05, 3.63) is 58.8 Å². The van der Waals surface area contributed by atoms with Gasteiger partial charge in [-0.2, -0.15) is 5.10 Å². The van der Waals surface area contributed by atoms with Crippen LogP contribution in [-0.4, -0.2) is 27.6 Å². The number of carbonyl (C=O) groups is 1. The van der Waals surface area contributed by atoms with Gasteiger partial charge in [0, 0.05) is 36.5 Å². The number of aromatic amines is 1. The van der Waals surface area contributed by atoms with Crippen molar-refractivity contribution in [3.8, 4) is 0 Å². The maximum atomic E-state index is 12.8. The maximum absolute atomic E-state index is 12.8. The Morgan fingerprint density at radius 3 is 2.88 bits per heavy atom. The number of rotatable bonds is 5. The molecule has 2 aromatic rings. The molecule has 1 unspecified atom stereocenters. The Kier molecular flexibility index (Phi) is 5.27. The topological polar surface area (TPSA) is 114 Å². The highest BCUT2D eigenvalue weighted by atomic mass is 35.5. The zero-order valence-corrected chi connectivity index (χ0v) is 15.2. The molecule has 26 heavy (non-hydrogen) atoms. The van der Waals surface area contributed by atoms with E-state index in [0.29, 0.717) is 23.9 Å². The maximum Gasteiger partial charge on any atom is 0.231 e. The van der Waals surface area contributed by atoms with Crippen LogP contribution >= 0.6 is 11.6 Å². The number of hydrogen-bond donors (Lipinski definition) is 3. The second-order valence-electron chi connectivity index (χ2n) is 6.24. The van der Waals surface area contributed by atoms with Crippen LogP contribution in [0.3, 0.4) is 0 Å². The summed E-state index contributed by atoms with van der Waals surface area (Å²) in [6, 6.07) is 5.45. The van der Waals surface area contributed by atoms with Gasteiger partial charge in [-0.1, -0.05) is 17.7 Å². The summed E-state index contributed by atoms with van der Waals surface area (Å²) in [6.45, 7) is 2.48. The quantitative estimate of drug-likeness (QED) is 0.550. The van der Waals surface area contributed by atoms with Crippen LogP contribution in [0.5, 0.6) is 0 Å². The molecule has 7 nitrogen and oxygen atoms in total. The highest BCUT2D eigenvalue weighted by molar-refractivity contribution is 6.29. The van der Waals surface area contributed by atoms with Crippen molar-refractivity contribution in [2.75, 3.05) is 11.4 Å². The van der Waals surface area contributed by atoms with Gasteiger partial charge in [-0.25, -0.2) is 4.98 Å². The minimum absolute atomic E-state index is 0.0577. The predicted molar refractivity (Wildman–Crippen MR) is 102 cm³/mol. The smallest absolute Gasteiger partial charge is 0.231 e. The Morgan fingerprint density at radius 1 is 1.42 bits per heavy atom. The first-order chi connectivity index (χ1) is 12.5. The number of nitrogens with zero attached hydrogens (tertiary/aromatic N) is 3. The molecule has 3 heterocycles. The zero-order chi connectivity index (χ0) is 18.7. The molecule has 1 atom stereocenters. The van der Waals surface area contributed by atoms with Gasteiger partial charge in [-0.3, -0.25) is 14.8 Å². The molecule has 8 heteroatoms. The monoisotopic (exact) mass is 372 g/mol. The lowest BCUT2D eigenvalue weighted by atomic mass is 9.99. The van der Waals surface area contributed by atoms with Crippen LogP contribution < -0.4 is 16.4 Å². The number of nitrogens with one attached hydrogen (secondary N) is 1. The second kappa shape index (κ2) is 7.61. The molecule has 136 valence electrons. The molecular formula is C18H21ClN6O. The molecular weight excluding hydrogens is 352 g/mol. The van der Waals surface area contributed by atoms with Crippen LogP contribution in [0.2, 0.25) is 5.15 Å². The van der Waals surface area contributed by atoms with Gasteiger partial charge < -0.3 is 11.5 Å². The van der Waals surface area contributed by atoms with Crippen molar-refractivity contribution in [3.63, 3.8) is 0 Å². The number of allylic oxidation sites excluding steroid dienone is 2. The summed E-state index contributed by atoms with van der Waals surface area (Å²) in [6.07, 6.45) is 6.07. The highest BCUT2D eigenvalue weighted by Crippen LogP contribution is 2.29. The number of halogens is 1. The fourth-order valence-electron chi connectivity index (χ4n) is 3.08. The van der Waals surface area contributed by atoms with E-state index in [1.165, 1.54) is 12.4 Å². The summed E-state index contributed by atoms with van der Waals surface area (Å²) in [5, 5.41) is 7.65. The van der Waals surface area contributed by atoms with Gasteiger partial charge in [0.1, 0.15) is 5.15 Å². The van der Waals surface area contributed by atoms with Gasteiger partial charge in [-0.15, -0.1) is 0 Å². The van der Waals surface area contributed by atoms with Crippen LogP contribution in [0.15, 0.2) is 42.4 Å². The lowest BCUT2D eigenvalue weighted by Crippen LogP contribution is -2.28. The predicted octanol–water partition coefficient (Wildman–Crippen LogP) is 2.22. The van der Waals surface area contributed by atoms with Crippen LogP contribution in [0.25, 0.3) is 5.57 Å². The molecule has 0 aromatic carbocycles. The van der Waals surface area contributed by atoms with Gasteiger partial charge in [-0.05, 0) is 43.2 Å². The third kappa shape index (κ3) is 3.57. The number of hydrogen-bond acceptors (Lipinski definition) is 5. The Morgan fingerprint density at radius 2 is 2.23 bits per heavy atom. The van der Waals surface area contributed by atoms with E-state index in [4.69, 9.17) is 23.1 Å². The number of nitrogens with two attached hydrogens (primary N) is 2. The summed E-state index contributed by atoms with van der Waals surface area (Å²) < 4.78 is 0. The van der Waals surface area contributed by atoms with Crippen molar-refractivity contribution in [1.29, 1.82) is 0 Å². The molecule has 1 saturated heterocycles. The second-order valence-corrected chi connectivity index (χ2v) is 6.63. The van der Waals surface area contributed by atoms with Crippen molar-refractivity contribution in [2.45, 2.75) is 19.8 Å². The van der Waals surface area contributed by atoms with Gasteiger partial charge in [0.25, 0.3) is 0 Å². The van der Waals surface area contributed by atoms with Crippen LogP contribution in [0, 0.1) is 5.92 Å². The first kappa shape index (κ1) is 18.0. The van der Waals surface area contributed by atoms with E-state index in [-0.39, 0.29) is 11.8 Å². The highest BCUT2D eigenvalue weighted by Gasteiger charge is 2.33. The minimum atomic E-state index is -0.0895. The van der Waals surface area contributed by atoms with Gasteiger partial charge >= 0.3 is 0 Å². The Hall–Kier alpha value is -2.80. The van der Waals surface area contributed by atoms with Crippen LogP contribution in [-0.2, 0) is 11.2 Å². The normalized spacial score (nSPS) is 18.6. The molecule has 1 aliphatic heterocycles. The molecule has 0 spiro atoms. The summed E-state index contributed by atoms with van der Waals surface area (Å²) in [5.74, 6) is 0.557. The van der Waals surface area contributed by atoms with Crippen molar-refractivity contribution < 1.29 is 4.79 Å². The standard InChI is InChI=1S/C18H21ClN6O/c1-11(8-20)14(9-21)15-7-17(24-23-15)25-5-4-13(18(25)26)6-12-2-3-16(19)22-10-12/h2-3,7-10,13H,4-6,20-21H2,1H3,(H,23,24)/b11-8-,14-9+. The number of anilines is 1. The Labute approximate surface area is 156 Å². The molecule has 0 radical (unpaired) electrons. The largest absolute Gasteiger partial charge is 0.404 e. The summed E-state index contributed by atoms with van der Waals surface area (Å²) in [5.41, 5.74) is 14.5. The SMILES string of the molecule is CC(=C/N)/C(=C\N)c1cc(N2CCC(Cc3ccc(Cl)nc3)C2=O)n[nH]1. The molecule has 3 rings (SSSR count). The average Bonchev–Trinajstić information content (AvgIpc) is 3.25. The van der Waals surface area contributed by atoms with Crippen LogP contribution in [0.1, 0.15) is 24.6 Å². The van der Waals surface area contributed by atoms with E-state index in [1.54, 1.807) is 17.2 Å². The molecule has 0 bridgehead atoms. The minimum Gasteiger partial charge on any atom is -0.404 e. The van der Waals surface area contributed by atoms with Crippen LogP contribution in [0.4, 0.5) is 5.82 Å². The molecule has 5 N–H and O–H groups in total. The zero-order valence-electron chi connectivity index (χ0n) is 14.4. The molecule has 0 saturated carbocycles. The average molecular weight is 373 g/mol. The van der Waals surface area contributed by atoms with E-state index in [2.05, 4.69) is 15.2 Å². The first-order valence-corrected chi connectivity index (χ1v) is 8.69. The van der Waals surface area contributed by atoms with Gasteiger partial charge in [0.15, 0.2) is 5.82 Å². The lowest BCUT2D eigenvalue weighted by Gasteiger charge is -2.13. The molecule has 1 fully saturated rings. The number of carbonyl (C=O) groups excluding carboxylic acids is 1. The van der Waals surface area contributed by atoms with Gasteiger partial charge in [0.2, 0.25) is 5.91 Å². The van der Waals surface area contributed by atoms with E-state index in [1.807, 2.05) is 19.1 Å². The number of H-pyrrole nitrogens is 1. The van der Waals surface area contributed by atoms with Gasteiger partial charge in [0.05, 0.1) is 5.69 Å². The van der Waals surface area contributed by atoms with Crippen molar-refractivity contribution in [2.24, 2.45) is 17.4 Å². The van der Waals surface area contributed by atoms with E-state index in [9.17, 15) is 4.79 Å². The third-order valence-corrected chi connectivity index (χ3v) is 4.78. The lowest BCUT2D eigenvalue weighted by molar-refractivity contribution is -0.120. The fraction of sp³-hybridized carbons (Fsp3) is 0.278. The third-order valence-electron chi connectivity index (χ3n) is 4.56. The summed E-state index contributed by atoms with van der Waals surface area (Å²) in [4.78, 5) is 18.5.